The standard InChI is InChI=1S/C13H12N2O2/c1-15-10-7-14-12(16)6-9(10)8-4-3-5-11(17-2)13(8)15/h3-7H,1-2H3,(H,14,16). The number of hydrogen-bond acceptors (Lipinski definition) is 2. The molecular formula is C13H12N2O2. The average Bonchev–Trinajstić information content (AvgIpc) is 2.63. The van der Waals surface area contributed by atoms with Crippen molar-refractivity contribution in [3.05, 3.63) is 40.8 Å². The highest BCUT2D eigenvalue weighted by molar-refractivity contribution is 6.09. The number of rotatable bonds is 1. The van der Waals surface area contributed by atoms with Crippen LogP contribution >= 0.6 is 0 Å². The number of methoxy groups -OCH3 is 1. The number of para-hydroxylation sites is 1. The maximum absolute atomic E-state index is 11.4. The quantitative estimate of drug-likeness (QED) is 0.692. The van der Waals surface area contributed by atoms with Crippen molar-refractivity contribution in [3.8, 4) is 5.75 Å². The van der Waals surface area contributed by atoms with E-state index in [9.17, 15) is 4.79 Å². The summed E-state index contributed by atoms with van der Waals surface area (Å²) >= 11 is 0. The van der Waals surface area contributed by atoms with Crippen LogP contribution in [0.4, 0.5) is 0 Å². The monoisotopic (exact) mass is 228 g/mol. The summed E-state index contributed by atoms with van der Waals surface area (Å²) in [6, 6.07) is 7.47. The van der Waals surface area contributed by atoms with Crippen molar-refractivity contribution >= 4 is 21.8 Å². The number of nitrogens with one attached hydrogen (secondary N) is 1. The molecule has 0 fully saturated rings. The Kier molecular flexibility index (Phi) is 1.98. The minimum absolute atomic E-state index is 0.0900. The van der Waals surface area contributed by atoms with Gasteiger partial charge in [0.05, 0.1) is 18.1 Å². The van der Waals surface area contributed by atoms with Gasteiger partial charge in [-0.1, -0.05) is 12.1 Å². The third-order valence-electron chi connectivity index (χ3n) is 3.11. The third-order valence-corrected chi connectivity index (χ3v) is 3.11. The molecule has 0 bridgehead atoms. The van der Waals surface area contributed by atoms with Gasteiger partial charge in [0.1, 0.15) is 5.75 Å². The van der Waals surface area contributed by atoms with E-state index in [2.05, 4.69) is 4.98 Å². The molecule has 17 heavy (non-hydrogen) atoms. The first-order valence-electron chi connectivity index (χ1n) is 5.36. The lowest BCUT2D eigenvalue weighted by Crippen LogP contribution is -2.01. The van der Waals surface area contributed by atoms with Crippen molar-refractivity contribution < 1.29 is 4.74 Å². The van der Waals surface area contributed by atoms with Gasteiger partial charge < -0.3 is 14.3 Å². The molecule has 4 nitrogen and oxygen atoms in total. The van der Waals surface area contributed by atoms with Crippen LogP contribution in [0.2, 0.25) is 0 Å². The van der Waals surface area contributed by atoms with Crippen LogP contribution in [0.25, 0.3) is 21.8 Å². The molecule has 1 aromatic carbocycles. The second kappa shape index (κ2) is 3.38. The molecule has 0 aliphatic rings. The summed E-state index contributed by atoms with van der Waals surface area (Å²) in [6.45, 7) is 0. The maximum Gasteiger partial charge on any atom is 0.248 e. The number of fused-ring (bicyclic) bond motifs is 3. The van der Waals surface area contributed by atoms with E-state index in [4.69, 9.17) is 4.74 Å². The number of aryl methyl sites for hydroxylation is 1. The Hall–Kier alpha value is -2.23. The molecule has 2 heterocycles. The SMILES string of the molecule is COc1cccc2c3cc(=O)[nH]cc3n(C)c12. The third kappa shape index (κ3) is 1.27. The molecule has 3 rings (SSSR count). The van der Waals surface area contributed by atoms with Gasteiger partial charge in [-0.25, -0.2) is 0 Å². The number of nitrogens with zero attached hydrogens (tertiary/aromatic N) is 1. The van der Waals surface area contributed by atoms with Crippen LogP contribution < -0.4 is 10.3 Å². The van der Waals surface area contributed by atoms with Crippen molar-refractivity contribution in [2.75, 3.05) is 7.11 Å². The Balaban J connectivity index is 2.63. The Bertz CT molecular complexity index is 768. The van der Waals surface area contributed by atoms with Gasteiger partial charge in [0.25, 0.3) is 0 Å². The van der Waals surface area contributed by atoms with Crippen molar-refractivity contribution in [3.63, 3.8) is 0 Å². The molecule has 0 unspecified atom stereocenters. The minimum atomic E-state index is -0.0900. The van der Waals surface area contributed by atoms with Gasteiger partial charge in [0.15, 0.2) is 0 Å². The van der Waals surface area contributed by atoms with Crippen LogP contribution in [-0.4, -0.2) is 16.7 Å². The van der Waals surface area contributed by atoms with Gasteiger partial charge in [-0.05, 0) is 6.07 Å². The number of ether oxygens (including phenoxy) is 1. The molecule has 0 spiro atoms. The van der Waals surface area contributed by atoms with E-state index in [0.717, 1.165) is 27.6 Å². The van der Waals surface area contributed by atoms with Crippen molar-refractivity contribution in [2.45, 2.75) is 0 Å². The summed E-state index contributed by atoms with van der Waals surface area (Å²) in [4.78, 5) is 14.1. The van der Waals surface area contributed by atoms with Crippen LogP contribution in [0, 0.1) is 0 Å². The first-order chi connectivity index (χ1) is 8.22. The molecule has 3 aromatic rings. The Morgan fingerprint density at radius 2 is 2.12 bits per heavy atom. The Morgan fingerprint density at radius 1 is 1.29 bits per heavy atom. The second-order valence-electron chi connectivity index (χ2n) is 4.01. The van der Waals surface area contributed by atoms with Crippen molar-refractivity contribution in [1.82, 2.24) is 9.55 Å². The molecule has 0 aliphatic heterocycles. The van der Waals surface area contributed by atoms with Gasteiger partial charge >= 0.3 is 0 Å². The first kappa shape index (κ1) is 9.96. The number of H-pyrrole nitrogens is 1. The zero-order chi connectivity index (χ0) is 12.0. The van der Waals surface area contributed by atoms with Crippen molar-refractivity contribution in [1.29, 1.82) is 0 Å². The molecule has 86 valence electrons. The van der Waals surface area contributed by atoms with Crippen LogP contribution in [0.15, 0.2) is 35.3 Å². The highest BCUT2D eigenvalue weighted by Gasteiger charge is 2.11. The molecular weight excluding hydrogens is 216 g/mol. The van der Waals surface area contributed by atoms with E-state index in [0.29, 0.717) is 0 Å². The smallest absolute Gasteiger partial charge is 0.248 e. The largest absolute Gasteiger partial charge is 0.495 e. The number of pyridine rings is 1. The fourth-order valence-electron chi connectivity index (χ4n) is 2.33. The second-order valence-corrected chi connectivity index (χ2v) is 4.01. The highest BCUT2D eigenvalue weighted by atomic mass is 16.5. The molecule has 4 heteroatoms. The molecule has 2 aromatic heterocycles. The summed E-state index contributed by atoms with van der Waals surface area (Å²) in [6.07, 6.45) is 1.73. The molecule has 0 amide bonds. The number of aromatic nitrogens is 2. The topological polar surface area (TPSA) is 47.0 Å². The number of hydrogen-bond donors (Lipinski definition) is 1. The summed E-state index contributed by atoms with van der Waals surface area (Å²) in [5.74, 6) is 0.814. The maximum atomic E-state index is 11.4. The lowest BCUT2D eigenvalue weighted by Gasteiger charge is -2.04. The van der Waals surface area contributed by atoms with Gasteiger partial charge in [-0.15, -0.1) is 0 Å². The van der Waals surface area contributed by atoms with Gasteiger partial charge in [-0.2, -0.15) is 0 Å². The fraction of sp³-hybridized carbons (Fsp3) is 0.154. The van der Waals surface area contributed by atoms with Gasteiger partial charge in [0, 0.05) is 30.1 Å². The lowest BCUT2D eigenvalue weighted by atomic mass is 10.2. The predicted molar refractivity (Wildman–Crippen MR) is 67.6 cm³/mol. The van der Waals surface area contributed by atoms with Crippen LogP contribution in [0.5, 0.6) is 5.75 Å². The van der Waals surface area contributed by atoms with Crippen molar-refractivity contribution in [2.24, 2.45) is 7.05 Å². The lowest BCUT2D eigenvalue weighted by molar-refractivity contribution is 0.418. The minimum Gasteiger partial charge on any atom is -0.495 e. The van der Waals surface area contributed by atoms with Crippen LogP contribution in [0.1, 0.15) is 0 Å². The number of aromatic amines is 1. The van der Waals surface area contributed by atoms with E-state index in [-0.39, 0.29) is 5.56 Å². The molecule has 0 radical (unpaired) electrons. The molecule has 1 N–H and O–H groups in total. The first-order valence-corrected chi connectivity index (χ1v) is 5.36. The number of benzene rings is 1. The summed E-state index contributed by atoms with van der Waals surface area (Å²) in [5, 5.41) is 1.98. The molecule has 0 saturated carbocycles. The van der Waals surface area contributed by atoms with Gasteiger partial charge in [-0.3, -0.25) is 4.79 Å². The summed E-state index contributed by atoms with van der Waals surface area (Å²) in [7, 11) is 3.61. The van der Waals surface area contributed by atoms with Crippen LogP contribution in [0.3, 0.4) is 0 Å². The fourth-order valence-corrected chi connectivity index (χ4v) is 2.33. The van der Waals surface area contributed by atoms with Gasteiger partial charge in [0.2, 0.25) is 5.56 Å². The predicted octanol–water partition coefficient (Wildman–Crippen LogP) is 2.03. The highest BCUT2D eigenvalue weighted by Crippen LogP contribution is 2.32. The summed E-state index contributed by atoms with van der Waals surface area (Å²) in [5.41, 5.74) is 1.90. The van der Waals surface area contributed by atoms with Crippen LogP contribution in [-0.2, 0) is 7.05 Å². The molecule has 0 atom stereocenters. The Labute approximate surface area is 97.4 Å². The van der Waals surface area contributed by atoms with E-state index in [1.807, 2.05) is 29.8 Å². The Morgan fingerprint density at radius 3 is 2.88 bits per heavy atom. The summed E-state index contributed by atoms with van der Waals surface area (Å²) < 4.78 is 7.39. The molecule has 0 aliphatic carbocycles. The van der Waals surface area contributed by atoms with E-state index < -0.39 is 0 Å². The average molecular weight is 228 g/mol. The zero-order valence-corrected chi connectivity index (χ0v) is 9.65. The zero-order valence-electron chi connectivity index (χ0n) is 9.65. The van der Waals surface area contributed by atoms with E-state index in [1.165, 1.54) is 0 Å². The normalized spacial score (nSPS) is 11.2. The molecule has 0 saturated heterocycles. The van der Waals surface area contributed by atoms with E-state index in [1.54, 1.807) is 19.4 Å². The van der Waals surface area contributed by atoms with E-state index >= 15 is 0 Å².